The largest absolute Gasteiger partial charge is 0.324 e. The van der Waals surface area contributed by atoms with Crippen molar-refractivity contribution < 1.29 is 4.39 Å². The van der Waals surface area contributed by atoms with Crippen molar-refractivity contribution in [3.63, 3.8) is 0 Å². The molecule has 0 aliphatic heterocycles. The first-order valence-corrected chi connectivity index (χ1v) is 7.61. The maximum absolute atomic E-state index is 13.7. The molecule has 0 aliphatic carbocycles. The Morgan fingerprint density at radius 1 is 1.50 bits per heavy atom. The van der Waals surface area contributed by atoms with Crippen LogP contribution in [0.1, 0.15) is 38.6 Å². The maximum atomic E-state index is 13.7. The number of hydrogen-bond acceptors (Lipinski definition) is 1. The summed E-state index contributed by atoms with van der Waals surface area (Å²) in [7, 11) is 0. The molecule has 1 atom stereocenters. The minimum Gasteiger partial charge on any atom is -0.324 e. The normalized spacial score (nSPS) is 13.2. The van der Waals surface area contributed by atoms with Gasteiger partial charge in [0.1, 0.15) is 11.6 Å². The van der Waals surface area contributed by atoms with Gasteiger partial charge in [-0.15, -0.1) is 11.6 Å². The zero-order valence-corrected chi connectivity index (χ0v) is 13.3. The van der Waals surface area contributed by atoms with Gasteiger partial charge in [0.05, 0.1) is 20.5 Å². The molecule has 0 saturated carbocycles. The molecule has 5 heteroatoms. The highest BCUT2D eigenvalue weighted by Crippen LogP contribution is 2.27. The molecule has 0 fully saturated rings. The Morgan fingerprint density at radius 3 is 2.83 bits per heavy atom. The molecule has 2 rings (SSSR count). The summed E-state index contributed by atoms with van der Waals surface area (Å²) in [6.07, 6.45) is 2.11. The van der Waals surface area contributed by atoms with Crippen molar-refractivity contribution >= 4 is 45.2 Å². The smallest absolute Gasteiger partial charge is 0.138 e. The average Bonchev–Trinajstić information content (AvgIpc) is 2.68. The zero-order valence-electron chi connectivity index (χ0n) is 10.4. The van der Waals surface area contributed by atoms with E-state index in [1.165, 1.54) is 0 Å². The first-order chi connectivity index (χ1) is 8.58. The quantitative estimate of drug-likeness (QED) is 0.546. The monoisotopic (exact) mass is 380 g/mol. The molecule has 2 aromatic rings. The van der Waals surface area contributed by atoms with Crippen LogP contribution in [0.15, 0.2) is 12.1 Å². The fourth-order valence-corrected chi connectivity index (χ4v) is 2.91. The van der Waals surface area contributed by atoms with Gasteiger partial charge in [0.25, 0.3) is 0 Å². The van der Waals surface area contributed by atoms with E-state index in [1.807, 2.05) is 22.6 Å². The number of imidazole rings is 1. The second-order valence-electron chi connectivity index (χ2n) is 4.42. The summed E-state index contributed by atoms with van der Waals surface area (Å²) in [4.78, 5) is 4.50. The van der Waals surface area contributed by atoms with Crippen LogP contribution in [0.2, 0.25) is 0 Å². The van der Waals surface area contributed by atoms with Crippen LogP contribution in [-0.4, -0.2) is 9.55 Å². The molecule has 1 heterocycles. The lowest BCUT2D eigenvalue weighted by molar-refractivity contribution is 0.499. The minimum absolute atomic E-state index is 0.200. The van der Waals surface area contributed by atoms with Crippen LogP contribution in [0.4, 0.5) is 4.39 Å². The van der Waals surface area contributed by atoms with Crippen molar-refractivity contribution in [1.29, 1.82) is 0 Å². The van der Waals surface area contributed by atoms with Crippen molar-refractivity contribution in [2.75, 3.05) is 0 Å². The zero-order chi connectivity index (χ0) is 13.3. The molecule has 18 heavy (non-hydrogen) atoms. The van der Waals surface area contributed by atoms with E-state index < -0.39 is 0 Å². The summed E-state index contributed by atoms with van der Waals surface area (Å²) in [6, 6.07) is 3.62. The van der Waals surface area contributed by atoms with Crippen LogP contribution in [0.3, 0.4) is 0 Å². The lowest BCUT2D eigenvalue weighted by Gasteiger charge is -2.16. The molecule has 0 saturated heterocycles. The van der Waals surface area contributed by atoms with Gasteiger partial charge in [-0.1, -0.05) is 13.3 Å². The molecule has 2 nitrogen and oxygen atoms in total. The number of benzene rings is 1. The van der Waals surface area contributed by atoms with E-state index in [-0.39, 0.29) is 11.9 Å². The Hall–Kier alpha value is -0.360. The van der Waals surface area contributed by atoms with Gasteiger partial charge in [-0.3, -0.25) is 0 Å². The van der Waals surface area contributed by atoms with Crippen molar-refractivity contribution in [3.8, 4) is 0 Å². The number of fused-ring (bicyclic) bond motifs is 1. The van der Waals surface area contributed by atoms with Crippen LogP contribution in [0.5, 0.6) is 0 Å². The van der Waals surface area contributed by atoms with Crippen LogP contribution in [0.25, 0.3) is 11.0 Å². The summed E-state index contributed by atoms with van der Waals surface area (Å²) in [5, 5.41) is 0. The molecule has 0 radical (unpaired) electrons. The third kappa shape index (κ3) is 2.50. The number of nitrogens with zero attached hydrogens (tertiary/aromatic N) is 2. The lowest BCUT2D eigenvalue weighted by atomic mass is 10.2. The molecule has 1 unspecified atom stereocenters. The van der Waals surface area contributed by atoms with Crippen molar-refractivity contribution in [2.45, 2.75) is 38.6 Å². The van der Waals surface area contributed by atoms with Crippen LogP contribution in [-0.2, 0) is 5.88 Å². The summed E-state index contributed by atoms with van der Waals surface area (Å²) < 4.78 is 16.4. The first-order valence-electron chi connectivity index (χ1n) is 6.00. The van der Waals surface area contributed by atoms with Gasteiger partial charge in [0.2, 0.25) is 0 Å². The van der Waals surface area contributed by atoms with Crippen molar-refractivity contribution in [3.05, 3.63) is 27.3 Å². The number of alkyl halides is 1. The predicted octanol–water partition coefficient (Wildman–Crippen LogP) is 4.88. The molecule has 0 bridgehead atoms. The van der Waals surface area contributed by atoms with Gasteiger partial charge in [0, 0.05) is 12.1 Å². The molecule has 0 spiro atoms. The summed E-state index contributed by atoms with van der Waals surface area (Å²) in [5.41, 5.74) is 1.66. The lowest BCUT2D eigenvalue weighted by Crippen LogP contribution is -2.08. The molecule has 0 amide bonds. The van der Waals surface area contributed by atoms with E-state index >= 15 is 0 Å². The van der Waals surface area contributed by atoms with Crippen molar-refractivity contribution in [1.82, 2.24) is 9.55 Å². The third-order valence-electron chi connectivity index (χ3n) is 3.07. The predicted molar refractivity (Wildman–Crippen MR) is 81.6 cm³/mol. The number of hydrogen-bond donors (Lipinski definition) is 0. The highest BCUT2D eigenvalue weighted by molar-refractivity contribution is 14.1. The fraction of sp³-hybridized carbons (Fsp3) is 0.462. The maximum Gasteiger partial charge on any atom is 0.138 e. The molecular weight excluding hydrogens is 366 g/mol. The van der Waals surface area contributed by atoms with Crippen LogP contribution in [0, 0.1) is 9.39 Å². The fourth-order valence-electron chi connectivity index (χ4n) is 2.27. The third-order valence-corrected chi connectivity index (χ3v) is 4.14. The van der Waals surface area contributed by atoms with E-state index in [0.717, 1.165) is 29.7 Å². The summed E-state index contributed by atoms with van der Waals surface area (Å²) in [6.45, 7) is 4.26. The van der Waals surface area contributed by atoms with Crippen LogP contribution < -0.4 is 0 Å². The van der Waals surface area contributed by atoms with E-state index in [2.05, 4.69) is 23.4 Å². The van der Waals surface area contributed by atoms with E-state index in [4.69, 9.17) is 11.6 Å². The van der Waals surface area contributed by atoms with Gasteiger partial charge >= 0.3 is 0 Å². The summed E-state index contributed by atoms with van der Waals surface area (Å²) in [5.74, 6) is 0.962. The van der Waals surface area contributed by atoms with Crippen LogP contribution >= 0.6 is 34.2 Å². The molecule has 1 aromatic heterocycles. The molecule has 1 aromatic carbocycles. The van der Waals surface area contributed by atoms with E-state index in [0.29, 0.717) is 9.45 Å². The van der Waals surface area contributed by atoms with E-state index in [1.54, 1.807) is 12.1 Å². The van der Waals surface area contributed by atoms with Gasteiger partial charge in [-0.05, 0) is 42.0 Å². The van der Waals surface area contributed by atoms with Crippen molar-refractivity contribution in [2.24, 2.45) is 0 Å². The Morgan fingerprint density at radius 2 is 2.22 bits per heavy atom. The molecule has 0 N–H and O–H groups in total. The molecule has 98 valence electrons. The number of aromatic nitrogens is 2. The average molecular weight is 381 g/mol. The van der Waals surface area contributed by atoms with E-state index in [9.17, 15) is 4.39 Å². The number of rotatable bonds is 4. The highest BCUT2D eigenvalue weighted by Gasteiger charge is 2.16. The van der Waals surface area contributed by atoms with Gasteiger partial charge in [0.15, 0.2) is 0 Å². The van der Waals surface area contributed by atoms with Gasteiger partial charge < -0.3 is 4.57 Å². The Balaban J connectivity index is 2.64. The Labute approximate surface area is 125 Å². The number of halogens is 3. The Kier molecular flexibility index (Phi) is 4.48. The standard InChI is InChI=1S/C13H15ClFIN2/c1-3-4-8(2)18-12-5-9(15)10(16)6-11(12)17-13(18)7-14/h5-6,8H,3-4,7H2,1-2H3. The second kappa shape index (κ2) is 5.74. The van der Waals surface area contributed by atoms with Gasteiger partial charge in [-0.2, -0.15) is 0 Å². The first kappa shape index (κ1) is 14.1. The molecular formula is C13H15ClFIN2. The molecule has 0 aliphatic rings. The topological polar surface area (TPSA) is 17.8 Å². The second-order valence-corrected chi connectivity index (χ2v) is 5.85. The summed E-state index contributed by atoms with van der Waals surface area (Å²) >= 11 is 7.93. The van der Waals surface area contributed by atoms with Gasteiger partial charge in [-0.25, -0.2) is 9.37 Å². The highest BCUT2D eigenvalue weighted by atomic mass is 127. The Bertz CT molecular complexity index is 568. The minimum atomic E-state index is -0.200. The SMILES string of the molecule is CCCC(C)n1c(CCl)nc2cc(I)c(F)cc21.